The minimum atomic E-state index is -3.53. The van der Waals surface area contributed by atoms with E-state index in [4.69, 9.17) is 0 Å². The number of carbonyl (C=O) groups excluding carboxylic acids is 1. The van der Waals surface area contributed by atoms with Gasteiger partial charge in [0.2, 0.25) is 15.9 Å². The predicted molar refractivity (Wildman–Crippen MR) is 102 cm³/mol. The van der Waals surface area contributed by atoms with E-state index in [2.05, 4.69) is 11.9 Å². The summed E-state index contributed by atoms with van der Waals surface area (Å²) in [6.45, 7) is 6.11. The van der Waals surface area contributed by atoms with E-state index in [1.807, 2.05) is 35.2 Å². The molecular weight excluding hydrogens is 350 g/mol. The van der Waals surface area contributed by atoms with Gasteiger partial charge in [-0.05, 0) is 22.9 Å². The van der Waals surface area contributed by atoms with Crippen LogP contribution in [0.5, 0.6) is 0 Å². The van der Waals surface area contributed by atoms with Gasteiger partial charge in [-0.3, -0.25) is 9.69 Å². The monoisotopic (exact) mass is 373 g/mol. The van der Waals surface area contributed by atoms with Gasteiger partial charge in [0.05, 0.1) is 11.4 Å². The normalized spacial score (nSPS) is 16.5. The first kappa shape index (κ1) is 18.6. The highest BCUT2D eigenvalue weighted by Gasteiger charge is 2.29. The molecule has 1 aliphatic rings. The molecule has 3 rings (SSSR count). The van der Waals surface area contributed by atoms with Crippen LogP contribution >= 0.6 is 0 Å². The lowest BCUT2D eigenvalue weighted by molar-refractivity contribution is -0.122. The fourth-order valence-electron chi connectivity index (χ4n) is 3.05. The van der Waals surface area contributed by atoms with Crippen molar-refractivity contribution in [2.45, 2.75) is 4.90 Å². The molecule has 138 valence electrons. The Bertz CT molecular complexity index is 903. The summed E-state index contributed by atoms with van der Waals surface area (Å²) in [7, 11) is -3.53. The summed E-state index contributed by atoms with van der Waals surface area (Å²) in [6, 6.07) is 12.9. The average Bonchev–Trinajstić information content (AvgIpc) is 2.66. The molecule has 0 atom stereocenters. The van der Waals surface area contributed by atoms with Crippen LogP contribution in [0.15, 0.2) is 60.0 Å². The van der Waals surface area contributed by atoms with Crippen molar-refractivity contribution in [2.24, 2.45) is 0 Å². The maximum Gasteiger partial charge on any atom is 0.243 e. The van der Waals surface area contributed by atoms with E-state index in [-0.39, 0.29) is 12.5 Å². The molecular formula is C19H23N3O3S. The second kappa shape index (κ2) is 7.99. The number of fused-ring (bicyclic) bond motifs is 1. The first-order valence-corrected chi connectivity index (χ1v) is 10.0. The van der Waals surface area contributed by atoms with E-state index in [1.54, 1.807) is 18.2 Å². The minimum Gasteiger partial charge on any atom is -0.352 e. The molecule has 0 saturated carbocycles. The molecule has 1 amide bonds. The summed E-state index contributed by atoms with van der Waals surface area (Å²) < 4.78 is 27.3. The van der Waals surface area contributed by atoms with Gasteiger partial charge in [0.1, 0.15) is 0 Å². The molecule has 6 nitrogen and oxygen atoms in total. The molecule has 26 heavy (non-hydrogen) atoms. The number of sulfonamides is 1. The summed E-state index contributed by atoms with van der Waals surface area (Å²) in [5.74, 6) is -0.0734. The van der Waals surface area contributed by atoms with Crippen LogP contribution in [0.3, 0.4) is 0 Å². The van der Waals surface area contributed by atoms with Gasteiger partial charge in [0.25, 0.3) is 0 Å². The number of nitrogens with zero attached hydrogens (tertiary/aromatic N) is 2. The Labute approximate surface area is 154 Å². The topological polar surface area (TPSA) is 69.7 Å². The third-order valence-corrected chi connectivity index (χ3v) is 6.40. The lowest BCUT2D eigenvalue weighted by Crippen LogP contribution is -2.51. The Hall–Kier alpha value is -2.22. The SMILES string of the molecule is C=CCNC(=O)CN1CCN(S(=O)(=O)c2ccc3ccccc3c2)CC1. The van der Waals surface area contributed by atoms with E-state index in [9.17, 15) is 13.2 Å². The molecule has 1 N–H and O–H groups in total. The van der Waals surface area contributed by atoms with Crippen LogP contribution in [0.2, 0.25) is 0 Å². The summed E-state index contributed by atoms with van der Waals surface area (Å²) >= 11 is 0. The van der Waals surface area contributed by atoms with Crippen molar-refractivity contribution in [2.75, 3.05) is 39.3 Å². The Morgan fingerprint density at radius 1 is 1.08 bits per heavy atom. The van der Waals surface area contributed by atoms with Crippen molar-refractivity contribution in [3.63, 3.8) is 0 Å². The lowest BCUT2D eigenvalue weighted by atomic mass is 10.1. The molecule has 1 heterocycles. The van der Waals surface area contributed by atoms with Crippen LogP contribution in [-0.2, 0) is 14.8 Å². The summed E-state index contributed by atoms with van der Waals surface area (Å²) in [6.07, 6.45) is 1.63. The highest BCUT2D eigenvalue weighted by Crippen LogP contribution is 2.22. The number of carbonyl (C=O) groups is 1. The van der Waals surface area contributed by atoms with E-state index in [0.717, 1.165) is 10.8 Å². The third-order valence-electron chi connectivity index (χ3n) is 4.50. The first-order valence-electron chi connectivity index (χ1n) is 8.59. The fraction of sp³-hybridized carbons (Fsp3) is 0.316. The third kappa shape index (κ3) is 4.12. The fourth-order valence-corrected chi connectivity index (χ4v) is 4.51. The lowest BCUT2D eigenvalue weighted by Gasteiger charge is -2.33. The first-order chi connectivity index (χ1) is 12.5. The second-order valence-corrected chi connectivity index (χ2v) is 8.22. The van der Waals surface area contributed by atoms with Gasteiger partial charge < -0.3 is 5.32 Å². The van der Waals surface area contributed by atoms with Crippen LogP contribution in [0.4, 0.5) is 0 Å². The zero-order valence-corrected chi connectivity index (χ0v) is 15.4. The van der Waals surface area contributed by atoms with Gasteiger partial charge in [-0.25, -0.2) is 8.42 Å². The maximum absolute atomic E-state index is 12.9. The van der Waals surface area contributed by atoms with Crippen molar-refractivity contribution in [3.8, 4) is 0 Å². The summed E-state index contributed by atoms with van der Waals surface area (Å²) in [5, 5.41) is 4.66. The molecule has 1 aliphatic heterocycles. The molecule has 0 aliphatic carbocycles. The summed E-state index contributed by atoms with van der Waals surface area (Å²) in [5.41, 5.74) is 0. The summed E-state index contributed by atoms with van der Waals surface area (Å²) in [4.78, 5) is 14.0. The van der Waals surface area contributed by atoms with Crippen LogP contribution < -0.4 is 5.32 Å². The minimum absolute atomic E-state index is 0.0734. The quantitative estimate of drug-likeness (QED) is 0.778. The van der Waals surface area contributed by atoms with Crippen LogP contribution in [0.25, 0.3) is 10.8 Å². The highest BCUT2D eigenvalue weighted by molar-refractivity contribution is 7.89. The average molecular weight is 373 g/mol. The molecule has 0 radical (unpaired) electrons. The van der Waals surface area contributed by atoms with E-state index in [0.29, 0.717) is 37.6 Å². The molecule has 0 aromatic heterocycles. The smallest absolute Gasteiger partial charge is 0.243 e. The zero-order chi connectivity index (χ0) is 18.6. The highest BCUT2D eigenvalue weighted by atomic mass is 32.2. The van der Waals surface area contributed by atoms with Crippen molar-refractivity contribution < 1.29 is 13.2 Å². The Morgan fingerprint density at radius 2 is 1.77 bits per heavy atom. The molecule has 2 aromatic rings. The maximum atomic E-state index is 12.9. The van der Waals surface area contributed by atoms with Gasteiger partial charge in [0, 0.05) is 32.7 Å². The molecule has 1 saturated heterocycles. The molecule has 1 fully saturated rings. The largest absolute Gasteiger partial charge is 0.352 e. The number of nitrogens with one attached hydrogen (secondary N) is 1. The molecule has 0 unspecified atom stereocenters. The Balaban J connectivity index is 1.65. The zero-order valence-electron chi connectivity index (χ0n) is 14.6. The van der Waals surface area contributed by atoms with Gasteiger partial charge in [0.15, 0.2) is 0 Å². The van der Waals surface area contributed by atoms with Gasteiger partial charge >= 0.3 is 0 Å². The van der Waals surface area contributed by atoms with E-state index < -0.39 is 10.0 Å². The number of rotatable bonds is 6. The standard InChI is InChI=1S/C19H23N3O3S/c1-2-9-20-19(23)15-21-10-12-22(13-11-21)26(24,25)18-8-7-16-5-3-4-6-17(16)14-18/h2-8,14H,1,9-13,15H2,(H,20,23). The van der Waals surface area contributed by atoms with E-state index >= 15 is 0 Å². The molecule has 0 spiro atoms. The predicted octanol–water partition coefficient (Wildman–Crippen LogP) is 1.45. The van der Waals surface area contributed by atoms with Crippen molar-refractivity contribution in [1.29, 1.82) is 0 Å². The number of amides is 1. The molecule has 7 heteroatoms. The number of hydrogen-bond acceptors (Lipinski definition) is 4. The van der Waals surface area contributed by atoms with Gasteiger partial charge in [-0.2, -0.15) is 4.31 Å². The van der Waals surface area contributed by atoms with Crippen LogP contribution in [-0.4, -0.2) is 62.8 Å². The Morgan fingerprint density at radius 3 is 2.46 bits per heavy atom. The van der Waals surface area contributed by atoms with Crippen molar-refractivity contribution in [1.82, 2.24) is 14.5 Å². The number of piperazine rings is 1. The van der Waals surface area contributed by atoms with Crippen molar-refractivity contribution in [3.05, 3.63) is 55.1 Å². The van der Waals surface area contributed by atoms with Crippen LogP contribution in [0.1, 0.15) is 0 Å². The van der Waals surface area contributed by atoms with E-state index in [1.165, 1.54) is 4.31 Å². The van der Waals surface area contributed by atoms with Gasteiger partial charge in [-0.1, -0.05) is 36.4 Å². The van der Waals surface area contributed by atoms with Crippen molar-refractivity contribution >= 4 is 26.7 Å². The van der Waals surface area contributed by atoms with Gasteiger partial charge in [-0.15, -0.1) is 6.58 Å². The molecule has 2 aromatic carbocycles. The number of benzene rings is 2. The van der Waals surface area contributed by atoms with Crippen LogP contribution in [0, 0.1) is 0 Å². The molecule has 0 bridgehead atoms. The number of hydrogen-bond donors (Lipinski definition) is 1. The second-order valence-electron chi connectivity index (χ2n) is 6.28. The Kier molecular flexibility index (Phi) is 5.70.